The summed E-state index contributed by atoms with van der Waals surface area (Å²) in [6, 6.07) is 11.2. The number of hydrogen-bond donors (Lipinski definition) is 2. The minimum Gasteiger partial charge on any atom is -0.394 e. The molecule has 0 aliphatic rings. The van der Waals surface area contributed by atoms with Gasteiger partial charge in [0.2, 0.25) is 0 Å². The average Bonchev–Trinajstić information content (AvgIpc) is 2.55. The SMILES string of the molecule is CC=CSc1[nH]c(=O)cc(-c2ccccc2)[n+]1COCCO. The van der Waals surface area contributed by atoms with Gasteiger partial charge in [0.05, 0.1) is 19.3 Å². The van der Waals surface area contributed by atoms with Crippen molar-refractivity contribution in [2.75, 3.05) is 13.2 Å². The molecule has 0 saturated heterocycles. The number of ether oxygens (including phenoxy) is 1. The molecular formula is C16H19N2O3S+. The number of benzene rings is 1. The molecule has 0 amide bonds. The lowest BCUT2D eigenvalue weighted by molar-refractivity contribution is -0.759. The largest absolute Gasteiger partial charge is 0.394 e. The first-order chi connectivity index (χ1) is 10.8. The number of aliphatic hydroxyl groups excluding tert-OH is 1. The highest BCUT2D eigenvalue weighted by molar-refractivity contribution is 8.01. The van der Waals surface area contributed by atoms with Gasteiger partial charge < -0.3 is 9.84 Å². The molecule has 6 heteroatoms. The molecule has 2 N–H and O–H groups in total. The molecule has 0 atom stereocenters. The summed E-state index contributed by atoms with van der Waals surface area (Å²) in [5.41, 5.74) is 1.54. The fourth-order valence-electron chi connectivity index (χ4n) is 1.94. The van der Waals surface area contributed by atoms with Gasteiger partial charge in [-0.15, -0.1) is 0 Å². The van der Waals surface area contributed by atoms with Gasteiger partial charge in [0, 0.05) is 5.56 Å². The molecule has 0 aliphatic heterocycles. The molecule has 1 heterocycles. The van der Waals surface area contributed by atoms with Crippen LogP contribution in [0.5, 0.6) is 0 Å². The van der Waals surface area contributed by atoms with Crippen molar-refractivity contribution in [3.8, 4) is 11.3 Å². The summed E-state index contributed by atoms with van der Waals surface area (Å²) in [6.45, 7) is 2.37. The van der Waals surface area contributed by atoms with E-state index in [4.69, 9.17) is 9.84 Å². The number of thioether (sulfide) groups is 1. The van der Waals surface area contributed by atoms with E-state index < -0.39 is 0 Å². The molecule has 0 spiro atoms. The highest BCUT2D eigenvalue weighted by Crippen LogP contribution is 2.17. The van der Waals surface area contributed by atoms with Gasteiger partial charge in [-0.25, -0.2) is 9.78 Å². The average molecular weight is 319 g/mol. The van der Waals surface area contributed by atoms with Crippen LogP contribution in [0.3, 0.4) is 0 Å². The van der Waals surface area contributed by atoms with Gasteiger partial charge in [0.25, 0.3) is 0 Å². The third-order valence-corrected chi connectivity index (χ3v) is 3.83. The minimum absolute atomic E-state index is 0.0398. The summed E-state index contributed by atoms with van der Waals surface area (Å²) in [7, 11) is 0. The number of rotatable bonds is 7. The first kappa shape index (κ1) is 16.5. The number of allylic oxidation sites excluding steroid dienone is 1. The maximum Gasteiger partial charge on any atom is 0.336 e. The van der Waals surface area contributed by atoms with Crippen LogP contribution in [0.15, 0.2) is 57.8 Å². The second kappa shape index (κ2) is 8.53. The molecule has 0 radical (unpaired) electrons. The van der Waals surface area contributed by atoms with E-state index in [-0.39, 0.29) is 25.5 Å². The second-order valence-electron chi connectivity index (χ2n) is 4.47. The number of nitrogens with zero attached hydrogens (tertiary/aromatic N) is 1. The Bertz CT molecular complexity index is 684. The van der Waals surface area contributed by atoms with Crippen LogP contribution in [-0.4, -0.2) is 23.3 Å². The summed E-state index contributed by atoms with van der Waals surface area (Å²) >= 11 is 1.41. The van der Waals surface area contributed by atoms with Gasteiger partial charge in [0.1, 0.15) is 5.69 Å². The molecule has 0 aliphatic carbocycles. The standard InChI is InChI=1S/C16H18N2O3S/c1-2-10-22-16-17-15(20)11-14(13-6-4-3-5-7-13)18(16)12-21-9-8-19/h2-7,10-11,19H,8-9,12H2,1H3/p+1. The Hall–Kier alpha value is -1.89. The molecule has 0 saturated carbocycles. The van der Waals surface area contributed by atoms with Crippen LogP contribution in [0.1, 0.15) is 6.92 Å². The Morgan fingerprint density at radius 3 is 2.82 bits per heavy atom. The lowest BCUT2D eigenvalue weighted by Gasteiger charge is -2.10. The molecule has 22 heavy (non-hydrogen) atoms. The molecule has 0 fully saturated rings. The maximum atomic E-state index is 11.9. The molecule has 1 aromatic heterocycles. The Morgan fingerprint density at radius 2 is 2.14 bits per heavy atom. The van der Waals surface area contributed by atoms with Crippen LogP contribution in [0.4, 0.5) is 0 Å². The third-order valence-electron chi connectivity index (χ3n) is 2.88. The van der Waals surface area contributed by atoms with E-state index in [1.165, 1.54) is 11.8 Å². The van der Waals surface area contributed by atoms with Crippen molar-refractivity contribution in [1.82, 2.24) is 4.98 Å². The quantitative estimate of drug-likeness (QED) is 0.354. The van der Waals surface area contributed by atoms with E-state index in [1.807, 2.05) is 53.3 Å². The third kappa shape index (κ3) is 4.30. The molecular weight excluding hydrogens is 300 g/mol. The molecule has 2 rings (SSSR count). The van der Waals surface area contributed by atoms with Crippen LogP contribution in [-0.2, 0) is 11.5 Å². The lowest BCUT2D eigenvalue weighted by atomic mass is 10.1. The zero-order valence-electron chi connectivity index (χ0n) is 12.4. The van der Waals surface area contributed by atoms with Gasteiger partial charge >= 0.3 is 10.7 Å². The molecule has 0 unspecified atom stereocenters. The Kier molecular flexibility index (Phi) is 6.39. The van der Waals surface area contributed by atoms with E-state index >= 15 is 0 Å². The topological polar surface area (TPSA) is 66.2 Å². The first-order valence-electron chi connectivity index (χ1n) is 6.95. The van der Waals surface area contributed by atoms with Crippen molar-refractivity contribution >= 4 is 11.8 Å². The Labute approximate surface area is 133 Å². The highest BCUT2D eigenvalue weighted by atomic mass is 32.2. The van der Waals surface area contributed by atoms with Gasteiger partial charge in [-0.3, -0.25) is 0 Å². The predicted molar refractivity (Wildman–Crippen MR) is 86.4 cm³/mol. The van der Waals surface area contributed by atoms with Crippen LogP contribution in [0, 0.1) is 0 Å². The van der Waals surface area contributed by atoms with E-state index in [0.29, 0.717) is 5.16 Å². The number of hydrogen-bond acceptors (Lipinski definition) is 4. The molecule has 2 aromatic rings. The number of aromatic nitrogens is 2. The van der Waals surface area contributed by atoms with Crippen LogP contribution >= 0.6 is 11.8 Å². The fourth-order valence-corrected chi connectivity index (χ4v) is 2.65. The van der Waals surface area contributed by atoms with Gasteiger partial charge in [-0.1, -0.05) is 36.4 Å². The maximum absolute atomic E-state index is 11.9. The first-order valence-corrected chi connectivity index (χ1v) is 7.83. The van der Waals surface area contributed by atoms with Gasteiger partial charge in [-0.2, -0.15) is 4.57 Å². The summed E-state index contributed by atoms with van der Waals surface area (Å²) in [5.74, 6) is 0. The van der Waals surface area contributed by atoms with Crippen molar-refractivity contribution in [3.05, 3.63) is 58.2 Å². The molecule has 1 aromatic carbocycles. The van der Waals surface area contributed by atoms with Crippen molar-refractivity contribution < 1.29 is 14.4 Å². The number of H-pyrrole nitrogens is 1. The fraction of sp³-hybridized carbons (Fsp3) is 0.250. The summed E-state index contributed by atoms with van der Waals surface area (Å²) in [4.78, 5) is 14.8. The van der Waals surface area contributed by atoms with Crippen molar-refractivity contribution in [2.45, 2.75) is 18.8 Å². The van der Waals surface area contributed by atoms with Crippen molar-refractivity contribution in [2.24, 2.45) is 0 Å². The summed E-state index contributed by atoms with van der Waals surface area (Å²) in [6.07, 6.45) is 1.90. The smallest absolute Gasteiger partial charge is 0.336 e. The van der Waals surface area contributed by atoms with Crippen molar-refractivity contribution in [1.29, 1.82) is 0 Å². The lowest BCUT2D eigenvalue weighted by Crippen LogP contribution is -2.43. The van der Waals surface area contributed by atoms with E-state index in [9.17, 15) is 4.79 Å². The number of nitrogens with one attached hydrogen (secondary N) is 1. The zero-order valence-corrected chi connectivity index (χ0v) is 13.2. The van der Waals surface area contributed by atoms with E-state index in [0.717, 1.165) is 11.3 Å². The van der Waals surface area contributed by atoms with Crippen molar-refractivity contribution in [3.63, 3.8) is 0 Å². The van der Waals surface area contributed by atoms with Crippen LogP contribution < -0.4 is 10.1 Å². The van der Waals surface area contributed by atoms with Gasteiger partial charge in [0.15, 0.2) is 6.73 Å². The highest BCUT2D eigenvalue weighted by Gasteiger charge is 2.18. The zero-order chi connectivity index (χ0) is 15.8. The van der Waals surface area contributed by atoms with E-state index in [1.54, 1.807) is 6.07 Å². The summed E-state index contributed by atoms with van der Waals surface area (Å²) < 4.78 is 7.33. The van der Waals surface area contributed by atoms with Gasteiger partial charge in [-0.05, 0) is 24.1 Å². The molecule has 0 bridgehead atoms. The predicted octanol–water partition coefficient (Wildman–Crippen LogP) is 1.92. The molecule has 5 nitrogen and oxygen atoms in total. The number of aliphatic hydroxyl groups is 1. The monoisotopic (exact) mass is 319 g/mol. The Morgan fingerprint density at radius 1 is 1.36 bits per heavy atom. The molecule has 116 valence electrons. The van der Waals surface area contributed by atoms with Crippen LogP contribution in [0.25, 0.3) is 11.3 Å². The number of aromatic amines is 1. The second-order valence-corrected chi connectivity index (χ2v) is 5.36. The van der Waals surface area contributed by atoms with Crippen LogP contribution in [0.2, 0.25) is 0 Å². The Balaban J connectivity index is 2.49. The summed E-state index contributed by atoms with van der Waals surface area (Å²) in [5, 5.41) is 11.5. The minimum atomic E-state index is -0.163. The normalized spacial score (nSPS) is 11.2. The van der Waals surface area contributed by atoms with E-state index in [2.05, 4.69) is 4.98 Å².